The Bertz CT molecular complexity index is 443. The van der Waals surface area contributed by atoms with Crippen molar-refractivity contribution < 1.29 is 14.6 Å². The molecule has 0 fully saturated rings. The molecule has 1 aliphatic rings. The molecule has 0 spiro atoms. The van der Waals surface area contributed by atoms with Crippen molar-refractivity contribution >= 4 is 5.91 Å². The van der Waals surface area contributed by atoms with Crippen LogP contribution in [0.3, 0.4) is 0 Å². The number of hydrogen-bond donors (Lipinski definition) is 2. The number of aliphatic hydroxyl groups is 1. The van der Waals surface area contributed by atoms with Crippen molar-refractivity contribution in [3.05, 3.63) is 29.3 Å². The number of fused-ring (bicyclic) bond motifs is 1. The predicted molar refractivity (Wildman–Crippen MR) is 68.9 cm³/mol. The van der Waals surface area contributed by atoms with Crippen molar-refractivity contribution in [3.8, 4) is 5.75 Å². The fraction of sp³-hybridized carbons (Fsp3) is 0.500. The molecule has 1 amide bonds. The number of aliphatic hydroxyl groups excluding tert-OH is 1. The van der Waals surface area contributed by atoms with Crippen LogP contribution in [0.1, 0.15) is 36.2 Å². The van der Waals surface area contributed by atoms with E-state index in [1.807, 2.05) is 19.1 Å². The zero-order chi connectivity index (χ0) is 13.1. The molecule has 0 bridgehead atoms. The molecule has 2 unspecified atom stereocenters. The van der Waals surface area contributed by atoms with Gasteiger partial charge in [0.25, 0.3) is 5.91 Å². The molecule has 2 rings (SSSR count). The summed E-state index contributed by atoms with van der Waals surface area (Å²) < 4.78 is 5.40. The summed E-state index contributed by atoms with van der Waals surface area (Å²) >= 11 is 0. The zero-order valence-electron chi connectivity index (χ0n) is 10.8. The van der Waals surface area contributed by atoms with Gasteiger partial charge in [0.1, 0.15) is 5.75 Å². The first kappa shape index (κ1) is 12.9. The molecule has 0 aromatic heterocycles. The summed E-state index contributed by atoms with van der Waals surface area (Å²) in [6.45, 7) is 4.30. The standard InChI is InChI=1S/C14H19NO3/c1-9(7-10(2)16)15-14(17)12-3-4-13-11(8-12)5-6-18-13/h3-4,8-10,16H,5-7H2,1-2H3,(H,15,17). The Morgan fingerprint density at radius 3 is 3.00 bits per heavy atom. The number of nitrogens with one attached hydrogen (secondary N) is 1. The highest BCUT2D eigenvalue weighted by Gasteiger charge is 2.16. The molecule has 4 nitrogen and oxygen atoms in total. The summed E-state index contributed by atoms with van der Waals surface area (Å²) in [5, 5.41) is 12.1. The van der Waals surface area contributed by atoms with Gasteiger partial charge in [-0.1, -0.05) is 0 Å². The average Bonchev–Trinajstić information content (AvgIpc) is 2.74. The molecule has 0 aliphatic carbocycles. The second-order valence-corrected chi connectivity index (χ2v) is 4.88. The van der Waals surface area contributed by atoms with E-state index in [9.17, 15) is 9.90 Å². The van der Waals surface area contributed by atoms with Crippen molar-refractivity contribution in [2.24, 2.45) is 0 Å². The quantitative estimate of drug-likeness (QED) is 0.850. The minimum absolute atomic E-state index is 0.0398. The predicted octanol–water partition coefficient (Wildman–Crippen LogP) is 1.51. The molecule has 2 atom stereocenters. The number of amides is 1. The Labute approximate surface area is 107 Å². The summed E-state index contributed by atoms with van der Waals surface area (Å²) in [6.07, 6.45) is 1.01. The van der Waals surface area contributed by atoms with Crippen LogP contribution in [0.4, 0.5) is 0 Å². The van der Waals surface area contributed by atoms with E-state index >= 15 is 0 Å². The van der Waals surface area contributed by atoms with E-state index in [-0.39, 0.29) is 11.9 Å². The van der Waals surface area contributed by atoms with E-state index in [4.69, 9.17) is 4.74 Å². The molecule has 0 radical (unpaired) electrons. The second-order valence-electron chi connectivity index (χ2n) is 4.88. The highest BCUT2D eigenvalue weighted by Crippen LogP contribution is 2.25. The van der Waals surface area contributed by atoms with Crippen molar-refractivity contribution in [2.45, 2.75) is 38.8 Å². The fourth-order valence-electron chi connectivity index (χ4n) is 2.21. The van der Waals surface area contributed by atoms with Gasteiger partial charge in [0.05, 0.1) is 12.7 Å². The lowest BCUT2D eigenvalue weighted by atomic mass is 10.1. The van der Waals surface area contributed by atoms with E-state index in [2.05, 4.69) is 5.32 Å². The van der Waals surface area contributed by atoms with Crippen molar-refractivity contribution in [3.63, 3.8) is 0 Å². The van der Waals surface area contributed by atoms with Gasteiger partial charge in [-0.3, -0.25) is 4.79 Å². The monoisotopic (exact) mass is 249 g/mol. The largest absolute Gasteiger partial charge is 0.493 e. The molecule has 4 heteroatoms. The van der Waals surface area contributed by atoms with Gasteiger partial charge < -0.3 is 15.2 Å². The van der Waals surface area contributed by atoms with Gasteiger partial charge in [0.15, 0.2) is 0 Å². The molecule has 1 aromatic carbocycles. The van der Waals surface area contributed by atoms with Crippen LogP contribution in [-0.4, -0.2) is 29.8 Å². The molecular weight excluding hydrogens is 230 g/mol. The van der Waals surface area contributed by atoms with E-state index < -0.39 is 6.10 Å². The smallest absolute Gasteiger partial charge is 0.251 e. The minimum Gasteiger partial charge on any atom is -0.493 e. The average molecular weight is 249 g/mol. The van der Waals surface area contributed by atoms with Gasteiger partial charge in [-0.15, -0.1) is 0 Å². The normalized spacial score (nSPS) is 16.6. The van der Waals surface area contributed by atoms with Gasteiger partial charge in [-0.05, 0) is 44.0 Å². The Balaban J connectivity index is 2.01. The van der Waals surface area contributed by atoms with Crippen molar-refractivity contribution in [1.82, 2.24) is 5.32 Å². The maximum Gasteiger partial charge on any atom is 0.251 e. The molecule has 2 N–H and O–H groups in total. The fourth-order valence-corrected chi connectivity index (χ4v) is 2.21. The van der Waals surface area contributed by atoms with Gasteiger partial charge in [-0.2, -0.15) is 0 Å². The lowest BCUT2D eigenvalue weighted by molar-refractivity contribution is 0.0923. The number of carbonyl (C=O) groups is 1. The van der Waals surface area contributed by atoms with Crippen LogP contribution in [0.15, 0.2) is 18.2 Å². The maximum absolute atomic E-state index is 12.0. The van der Waals surface area contributed by atoms with Crippen LogP contribution in [0, 0.1) is 0 Å². The third-order valence-corrected chi connectivity index (χ3v) is 3.02. The van der Waals surface area contributed by atoms with Crippen LogP contribution in [0.2, 0.25) is 0 Å². The zero-order valence-corrected chi connectivity index (χ0v) is 10.8. The molecule has 1 aromatic rings. The van der Waals surface area contributed by atoms with Crippen LogP contribution in [-0.2, 0) is 6.42 Å². The summed E-state index contributed by atoms with van der Waals surface area (Å²) in [5.41, 5.74) is 1.74. The van der Waals surface area contributed by atoms with E-state index in [1.165, 1.54) is 0 Å². The molecular formula is C14H19NO3. The van der Waals surface area contributed by atoms with Crippen LogP contribution >= 0.6 is 0 Å². The number of carbonyl (C=O) groups excluding carboxylic acids is 1. The maximum atomic E-state index is 12.0. The van der Waals surface area contributed by atoms with Gasteiger partial charge in [-0.25, -0.2) is 0 Å². The van der Waals surface area contributed by atoms with Crippen LogP contribution < -0.4 is 10.1 Å². The number of ether oxygens (including phenoxy) is 1. The number of benzene rings is 1. The summed E-state index contributed by atoms with van der Waals surface area (Å²) in [5.74, 6) is 0.779. The first-order chi connectivity index (χ1) is 8.56. The lowest BCUT2D eigenvalue weighted by Gasteiger charge is -2.15. The van der Waals surface area contributed by atoms with Gasteiger partial charge in [0.2, 0.25) is 0 Å². The first-order valence-corrected chi connectivity index (χ1v) is 6.31. The first-order valence-electron chi connectivity index (χ1n) is 6.31. The topological polar surface area (TPSA) is 58.6 Å². The Morgan fingerprint density at radius 1 is 1.50 bits per heavy atom. The third kappa shape index (κ3) is 3.01. The molecule has 98 valence electrons. The summed E-state index contributed by atoms with van der Waals surface area (Å²) in [4.78, 5) is 12.0. The SMILES string of the molecule is CC(O)CC(C)NC(=O)c1ccc2c(c1)CCO2. The molecule has 0 saturated carbocycles. The number of rotatable bonds is 4. The van der Waals surface area contributed by atoms with E-state index in [1.54, 1.807) is 13.0 Å². The summed E-state index contributed by atoms with van der Waals surface area (Å²) in [6, 6.07) is 5.46. The Hall–Kier alpha value is -1.55. The van der Waals surface area contributed by atoms with Crippen LogP contribution in [0.5, 0.6) is 5.75 Å². The van der Waals surface area contributed by atoms with Crippen LogP contribution in [0.25, 0.3) is 0 Å². The summed E-state index contributed by atoms with van der Waals surface area (Å²) in [7, 11) is 0. The molecule has 0 saturated heterocycles. The molecule has 18 heavy (non-hydrogen) atoms. The Morgan fingerprint density at radius 2 is 2.28 bits per heavy atom. The van der Waals surface area contributed by atoms with Gasteiger partial charge in [0, 0.05) is 18.0 Å². The minimum atomic E-state index is -0.409. The third-order valence-electron chi connectivity index (χ3n) is 3.02. The molecule has 1 aliphatic heterocycles. The highest BCUT2D eigenvalue weighted by molar-refractivity contribution is 5.94. The molecule has 1 heterocycles. The number of hydrogen-bond acceptors (Lipinski definition) is 3. The highest BCUT2D eigenvalue weighted by atomic mass is 16.5. The van der Waals surface area contributed by atoms with Crippen molar-refractivity contribution in [2.75, 3.05) is 6.61 Å². The van der Waals surface area contributed by atoms with E-state index in [0.29, 0.717) is 18.6 Å². The van der Waals surface area contributed by atoms with Gasteiger partial charge >= 0.3 is 0 Å². The Kier molecular flexibility index (Phi) is 3.87. The van der Waals surface area contributed by atoms with Crippen molar-refractivity contribution in [1.29, 1.82) is 0 Å². The van der Waals surface area contributed by atoms with E-state index in [0.717, 1.165) is 17.7 Å². The lowest BCUT2D eigenvalue weighted by Crippen LogP contribution is -2.34. The second kappa shape index (κ2) is 5.40.